The van der Waals surface area contributed by atoms with Crippen LogP contribution in [0.2, 0.25) is 5.02 Å². The standard InChI is InChI=1S/C13H12ClF3N4/c1-7(8-5-3-2-4-6-8)19-11-9(14)10(13(15,16)17)20-12(18)21-11/h2-7H,1H3,(H3,18,19,20,21). The molecule has 1 aromatic heterocycles. The van der Waals surface area contributed by atoms with Crippen LogP contribution < -0.4 is 11.1 Å². The molecule has 1 unspecified atom stereocenters. The van der Waals surface area contributed by atoms with Crippen LogP contribution in [0.15, 0.2) is 30.3 Å². The molecule has 0 bridgehead atoms. The van der Waals surface area contributed by atoms with Crippen molar-refractivity contribution in [3.05, 3.63) is 46.6 Å². The van der Waals surface area contributed by atoms with Gasteiger partial charge in [-0.1, -0.05) is 41.9 Å². The van der Waals surface area contributed by atoms with Crippen LogP contribution in [0.25, 0.3) is 0 Å². The molecule has 0 saturated heterocycles. The fraction of sp³-hybridized carbons (Fsp3) is 0.231. The van der Waals surface area contributed by atoms with Crippen molar-refractivity contribution in [1.29, 1.82) is 0 Å². The fourth-order valence-corrected chi connectivity index (χ4v) is 2.02. The molecule has 3 N–H and O–H groups in total. The van der Waals surface area contributed by atoms with Crippen LogP contribution in [0.4, 0.5) is 24.9 Å². The highest BCUT2D eigenvalue weighted by atomic mass is 35.5. The third-order valence-electron chi connectivity index (χ3n) is 2.79. The molecular formula is C13H12ClF3N4. The molecule has 0 aliphatic heterocycles. The van der Waals surface area contributed by atoms with Crippen molar-refractivity contribution in [2.75, 3.05) is 11.1 Å². The summed E-state index contributed by atoms with van der Waals surface area (Å²) in [7, 11) is 0. The lowest BCUT2D eigenvalue weighted by molar-refractivity contribution is -0.141. The molecule has 112 valence electrons. The van der Waals surface area contributed by atoms with E-state index in [0.29, 0.717) is 0 Å². The van der Waals surface area contributed by atoms with Gasteiger partial charge in [-0.15, -0.1) is 0 Å². The lowest BCUT2D eigenvalue weighted by Crippen LogP contribution is -2.16. The van der Waals surface area contributed by atoms with Gasteiger partial charge in [-0.2, -0.15) is 18.2 Å². The first-order valence-electron chi connectivity index (χ1n) is 6.00. The summed E-state index contributed by atoms with van der Waals surface area (Å²) in [5.41, 5.74) is 4.94. The van der Waals surface area contributed by atoms with Crippen molar-refractivity contribution in [2.24, 2.45) is 0 Å². The van der Waals surface area contributed by atoms with Crippen molar-refractivity contribution < 1.29 is 13.2 Å². The number of hydrogen-bond acceptors (Lipinski definition) is 4. The molecule has 0 amide bonds. The molecule has 1 aromatic carbocycles. The molecule has 2 aromatic rings. The minimum absolute atomic E-state index is 0.146. The molecule has 0 aliphatic rings. The summed E-state index contributed by atoms with van der Waals surface area (Å²) >= 11 is 5.73. The van der Waals surface area contributed by atoms with Crippen molar-refractivity contribution in [1.82, 2.24) is 9.97 Å². The topological polar surface area (TPSA) is 63.8 Å². The number of halogens is 4. The Kier molecular flexibility index (Phi) is 4.22. The summed E-state index contributed by atoms with van der Waals surface area (Å²) in [5, 5.41) is 2.22. The second-order valence-corrected chi connectivity index (χ2v) is 4.75. The molecule has 2 rings (SSSR count). The summed E-state index contributed by atoms with van der Waals surface area (Å²) in [4.78, 5) is 6.89. The zero-order chi connectivity index (χ0) is 15.6. The Morgan fingerprint density at radius 3 is 2.38 bits per heavy atom. The Morgan fingerprint density at radius 2 is 1.81 bits per heavy atom. The minimum Gasteiger partial charge on any atom is -0.368 e. The maximum absolute atomic E-state index is 12.8. The minimum atomic E-state index is -4.69. The number of nitrogens with two attached hydrogens (primary N) is 1. The van der Waals surface area contributed by atoms with E-state index in [9.17, 15) is 13.2 Å². The van der Waals surface area contributed by atoms with Gasteiger partial charge in [-0.3, -0.25) is 0 Å². The molecule has 0 radical (unpaired) electrons. The third-order valence-corrected chi connectivity index (χ3v) is 3.15. The van der Waals surface area contributed by atoms with E-state index >= 15 is 0 Å². The molecule has 1 heterocycles. The molecule has 4 nitrogen and oxygen atoms in total. The predicted octanol–water partition coefficient (Wildman–Crippen LogP) is 3.90. The van der Waals surface area contributed by atoms with Crippen molar-refractivity contribution >= 4 is 23.4 Å². The van der Waals surface area contributed by atoms with Crippen molar-refractivity contribution in [3.63, 3.8) is 0 Å². The largest absolute Gasteiger partial charge is 0.435 e. The lowest BCUT2D eigenvalue weighted by Gasteiger charge is -2.18. The molecule has 0 fully saturated rings. The van der Waals surface area contributed by atoms with Crippen LogP contribution >= 0.6 is 11.6 Å². The smallest absolute Gasteiger partial charge is 0.368 e. The summed E-state index contributed by atoms with van der Waals surface area (Å²) in [5.74, 6) is -0.637. The normalized spacial score (nSPS) is 13.0. The fourth-order valence-electron chi connectivity index (χ4n) is 1.78. The summed E-state index contributed by atoms with van der Waals surface area (Å²) in [6.45, 7) is 1.78. The van der Waals surface area contributed by atoms with Gasteiger partial charge in [-0.25, -0.2) is 4.98 Å². The summed E-state index contributed by atoms with van der Waals surface area (Å²) < 4.78 is 38.4. The number of rotatable bonds is 3. The van der Waals surface area contributed by atoms with Crippen LogP contribution in [0.3, 0.4) is 0 Å². The predicted molar refractivity (Wildman–Crippen MR) is 74.9 cm³/mol. The molecule has 0 spiro atoms. The first-order valence-corrected chi connectivity index (χ1v) is 6.38. The quantitative estimate of drug-likeness (QED) is 0.901. The highest BCUT2D eigenvalue weighted by Gasteiger charge is 2.37. The van der Waals surface area contributed by atoms with Crippen LogP contribution in [-0.4, -0.2) is 9.97 Å². The van der Waals surface area contributed by atoms with Crippen LogP contribution in [0.1, 0.15) is 24.2 Å². The molecule has 8 heteroatoms. The van der Waals surface area contributed by atoms with Crippen molar-refractivity contribution in [3.8, 4) is 0 Å². The second-order valence-electron chi connectivity index (χ2n) is 4.37. The van der Waals surface area contributed by atoms with E-state index in [1.165, 1.54) is 0 Å². The van der Waals surface area contributed by atoms with Gasteiger partial charge < -0.3 is 11.1 Å². The van der Waals surface area contributed by atoms with E-state index in [1.807, 2.05) is 30.3 Å². The van der Waals surface area contributed by atoms with Gasteiger partial charge in [0.2, 0.25) is 5.95 Å². The Bertz CT molecular complexity index is 631. The van der Waals surface area contributed by atoms with Crippen LogP contribution in [0.5, 0.6) is 0 Å². The summed E-state index contributed by atoms with van der Waals surface area (Å²) in [6.07, 6.45) is -4.69. The third kappa shape index (κ3) is 3.55. The number of nitrogen functional groups attached to an aromatic ring is 1. The van der Waals surface area contributed by atoms with E-state index in [2.05, 4.69) is 15.3 Å². The van der Waals surface area contributed by atoms with E-state index in [-0.39, 0.29) is 11.9 Å². The van der Waals surface area contributed by atoms with E-state index in [0.717, 1.165) is 5.56 Å². The average molecular weight is 317 g/mol. The Morgan fingerprint density at radius 1 is 1.19 bits per heavy atom. The number of hydrogen-bond donors (Lipinski definition) is 2. The van der Waals surface area contributed by atoms with Crippen LogP contribution in [0, 0.1) is 0 Å². The number of anilines is 2. The second kappa shape index (κ2) is 5.77. The van der Waals surface area contributed by atoms with Gasteiger partial charge in [-0.05, 0) is 12.5 Å². The van der Waals surface area contributed by atoms with Gasteiger partial charge in [0.25, 0.3) is 0 Å². The number of nitrogens with one attached hydrogen (secondary N) is 1. The molecular weight excluding hydrogens is 305 g/mol. The average Bonchev–Trinajstić information content (AvgIpc) is 2.42. The first-order chi connectivity index (χ1) is 9.79. The zero-order valence-corrected chi connectivity index (χ0v) is 11.7. The number of nitrogens with zero attached hydrogens (tertiary/aromatic N) is 2. The summed E-state index contributed by atoms with van der Waals surface area (Å²) in [6, 6.07) is 8.86. The lowest BCUT2D eigenvalue weighted by atomic mass is 10.1. The number of aromatic nitrogens is 2. The first kappa shape index (κ1) is 15.4. The van der Waals surface area contributed by atoms with Gasteiger partial charge in [0, 0.05) is 6.04 Å². The SMILES string of the molecule is CC(Nc1nc(N)nc(C(F)(F)F)c1Cl)c1ccccc1. The zero-order valence-electron chi connectivity index (χ0n) is 10.9. The Balaban J connectivity index is 2.35. The monoisotopic (exact) mass is 316 g/mol. The number of alkyl halides is 3. The van der Waals surface area contributed by atoms with Gasteiger partial charge in [0.05, 0.1) is 0 Å². The molecule has 0 aliphatic carbocycles. The van der Waals surface area contributed by atoms with E-state index in [1.54, 1.807) is 6.92 Å². The highest BCUT2D eigenvalue weighted by Crippen LogP contribution is 2.37. The maximum Gasteiger partial charge on any atom is 0.435 e. The van der Waals surface area contributed by atoms with Gasteiger partial charge in [0.1, 0.15) is 5.02 Å². The van der Waals surface area contributed by atoms with E-state index < -0.39 is 22.8 Å². The number of benzene rings is 1. The molecule has 0 saturated carbocycles. The van der Waals surface area contributed by atoms with Gasteiger partial charge in [0.15, 0.2) is 11.5 Å². The highest BCUT2D eigenvalue weighted by molar-refractivity contribution is 6.33. The maximum atomic E-state index is 12.8. The Labute approximate surface area is 124 Å². The van der Waals surface area contributed by atoms with Crippen molar-refractivity contribution in [2.45, 2.75) is 19.1 Å². The van der Waals surface area contributed by atoms with Gasteiger partial charge >= 0.3 is 6.18 Å². The Hall–Kier alpha value is -2.02. The van der Waals surface area contributed by atoms with E-state index in [4.69, 9.17) is 17.3 Å². The molecule has 1 atom stereocenters. The van der Waals surface area contributed by atoms with Crippen LogP contribution in [-0.2, 0) is 6.18 Å². The molecule has 21 heavy (non-hydrogen) atoms.